The summed E-state index contributed by atoms with van der Waals surface area (Å²) in [5.41, 5.74) is 4.89. The van der Waals surface area contributed by atoms with Crippen LogP contribution in [0.15, 0.2) is 57.8 Å². The van der Waals surface area contributed by atoms with E-state index in [9.17, 15) is 14.4 Å². The van der Waals surface area contributed by atoms with Gasteiger partial charge in [-0.25, -0.2) is 4.68 Å². The Kier molecular flexibility index (Phi) is 5.13. The zero-order chi connectivity index (χ0) is 18.7. The second-order valence-electron chi connectivity index (χ2n) is 5.40. The summed E-state index contributed by atoms with van der Waals surface area (Å²) in [6, 6.07) is 13.6. The molecule has 0 saturated heterocycles. The van der Waals surface area contributed by atoms with Crippen molar-refractivity contribution in [2.24, 2.45) is 0 Å². The molecule has 1 heterocycles. The lowest BCUT2D eigenvalue weighted by atomic mass is 10.1. The molecular formula is C18H15BrN4O3. The standard InChI is InChI=1S/C18H15BrN4O3/c1-2-23-18(26)12-8-4-3-7-11(12)15(22-23)17(25)21-20-16(24)13-9-5-6-10-14(13)19/h3-10H,2H2,1H3,(H,20,24)(H,21,25). The largest absolute Gasteiger partial charge is 0.290 e. The fraction of sp³-hybridized carbons (Fsp3) is 0.111. The number of benzene rings is 2. The quantitative estimate of drug-likeness (QED) is 0.642. The first-order valence-electron chi connectivity index (χ1n) is 7.88. The fourth-order valence-corrected chi connectivity index (χ4v) is 2.97. The minimum absolute atomic E-state index is 0.0643. The van der Waals surface area contributed by atoms with E-state index in [-0.39, 0.29) is 11.3 Å². The Labute approximate surface area is 157 Å². The Bertz CT molecular complexity index is 1060. The molecule has 7 nitrogen and oxygen atoms in total. The summed E-state index contributed by atoms with van der Waals surface area (Å²) in [5, 5.41) is 4.94. The van der Waals surface area contributed by atoms with Crippen LogP contribution in [-0.2, 0) is 6.54 Å². The van der Waals surface area contributed by atoms with Gasteiger partial charge in [0.05, 0.1) is 10.9 Å². The molecule has 2 N–H and O–H groups in total. The molecule has 0 aliphatic heterocycles. The molecule has 0 saturated carbocycles. The van der Waals surface area contributed by atoms with Crippen molar-refractivity contribution in [1.29, 1.82) is 0 Å². The first-order chi connectivity index (χ1) is 12.5. The molecule has 0 bridgehead atoms. The molecule has 2 aromatic carbocycles. The summed E-state index contributed by atoms with van der Waals surface area (Å²) in [4.78, 5) is 37.1. The van der Waals surface area contributed by atoms with Gasteiger partial charge in [0.15, 0.2) is 5.69 Å². The van der Waals surface area contributed by atoms with Gasteiger partial charge in [0.2, 0.25) is 0 Å². The molecule has 0 radical (unpaired) electrons. The molecule has 0 unspecified atom stereocenters. The maximum Gasteiger partial charge on any atom is 0.290 e. The zero-order valence-corrected chi connectivity index (χ0v) is 15.4. The molecule has 1 aromatic heterocycles. The number of halogens is 1. The van der Waals surface area contributed by atoms with Crippen molar-refractivity contribution < 1.29 is 9.59 Å². The number of hydrazine groups is 1. The monoisotopic (exact) mass is 414 g/mol. The van der Waals surface area contributed by atoms with Crippen LogP contribution < -0.4 is 16.4 Å². The van der Waals surface area contributed by atoms with E-state index in [1.807, 2.05) is 0 Å². The highest BCUT2D eigenvalue weighted by Crippen LogP contribution is 2.15. The molecular weight excluding hydrogens is 400 g/mol. The van der Waals surface area contributed by atoms with E-state index >= 15 is 0 Å². The highest BCUT2D eigenvalue weighted by atomic mass is 79.9. The lowest BCUT2D eigenvalue weighted by Crippen LogP contribution is -2.42. The van der Waals surface area contributed by atoms with Crippen molar-refractivity contribution in [1.82, 2.24) is 20.6 Å². The Morgan fingerprint density at radius 2 is 1.62 bits per heavy atom. The van der Waals surface area contributed by atoms with Crippen LogP contribution in [0.4, 0.5) is 0 Å². The molecule has 3 rings (SSSR count). The second kappa shape index (κ2) is 7.49. The molecule has 0 aliphatic rings. The van der Waals surface area contributed by atoms with Crippen LogP contribution in [0.25, 0.3) is 10.8 Å². The van der Waals surface area contributed by atoms with Gasteiger partial charge in [-0.3, -0.25) is 25.2 Å². The van der Waals surface area contributed by atoms with Gasteiger partial charge in [-0.1, -0.05) is 30.3 Å². The lowest BCUT2D eigenvalue weighted by Gasteiger charge is -2.11. The van der Waals surface area contributed by atoms with E-state index in [0.29, 0.717) is 27.4 Å². The first-order valence-corrected chi connectivity index (χ1v) is 8.67. The average Bonchev–Trinajstić information content (AvgIpc) is 2.66. The smallest absolute Gasteiger partial charge is 0.267 e. The van der Waals surface area contributed by atoms with Gasteiger partial charge >= 0.3 is 0 Å². The number of rotatable bonds is 3. The number of nitrogens with zero attached hydrogens (tertiary/aromatic N) is 2. The number of carbonyl (C=O) groups is 2. The summed E-state index contributed by atoms with van der Waals surface area (Å²) in [6.07, 6.45) is 0. The maximum atomic E-state index is 12.5. The minimum atomic E-state index is -0.608. The topological polar surface area (TPSA) is 93.1 Å². The van der Waals surface area contributed by atoms with Crippen LogP contribution in [0.3, 0.4) is 0 Å². The van der Waals surface area contributed by atoms with Crippen molar-refractivity contribution in [3.8, 4) is 0 Å². The maximum absolute atomic E-state index is 12.5. The summed E-state index contributed by atoms with van der Waals surface area (Å²) in [7, 11) is 0. The number of nitrogens with one attached hydrogen (secondary N) is 2. The third-order valence-corrected chi connectivity index (χ3v) is 4.48. The van der Waals surface area contributed by atoms with Crippen LogP contribution in [0.1, 0.15) is 27.8 Å². The molecule has 0 atom stereocenters. The van der Waals surface area contributed by atoms with Gasteiger partial charge in [-0.05, 0) is 41.1 Å². The van der Waals surface area contributed by atoms with Gasteiger partial charge < -0.3 is 0 Å². The van der Waals surface area contributed by atoms with Crippen molar-refractivity contribution in [3.63, 3.8) is 0 Å². The molecule has 132 valence electrons. The van der Waals surface area contributed by atoms with Crippen molar-refractivity contribution in [2.45, 2.75) is 13.5 Å². The van der Waals surface area contributed by atoms with E-state index in [1.165, 1.54) is 4.68 Å². The van der Waals surface area contributed by atoms with E-state index in [0.717, 1.165) is 0 Å². The Morgan fingerprint density at radius 3 is 2.31 bits per heavy atom. The second-order valence-corrected chi connectivity index (χ2v) is 6.26. The number of amides is 2. The van der Waals surface area contributed by atoms with Gasteiger partial charge in [0, 0.05) is 16.4 Å². The summed E-state index contributed by atoms with van der Waals surface area (Å²) in [6.45, 7) is 2.09. The van der Waals surface area contributed by atoms with Crippen LogP contribution in [0.5, 0.6) is 0 Å². The Morgan fingerprint density at radius 1 is 1.00 bits per heavy atom. The normalized spacial score (nSPS) is 10.5. The number of carbonyl (C=O) groups excluding carboxylic acids is 2. The fourth-order valence-electron chi connectivity index (χ4n) is 2.50. The first kappa shape index (κ1) is 17.8. The van der Waals surface area contributed by atoms with E-state index in [4.69, 9.17) is 0 Å². The highest BCUT2D eigenvalue weighted by molar-refractivity contribution is 9.10. The summed E-state index contributed by atoms with van der Waals surface area (Å²) < 4.78 is 1.82. The van der Waals surface area contributed by atoms with Crippen LogP contribution in [-0.4, -0.2) is 21.6 Å². The predicted octanol–water partition coefficient (Wildman–Crippen LogP) is 2.25. The zero-order valence-electron chi connectivity index (χ0n) is 13.8. The van der Waals surface area contributed by atoms with Gasteiger partial charge in [0.1, 0.15) is 0 Å². The molecule has 3 aromatic rings. The SMILES string of the molecule is CCn1nc(C(=O)NNC(=O)c2ccccc2Br)c2ccccc2c1=O. The number of fused-ring (bicyclic) bond motifs is 1. The third kappa shape index (κ3) is 3.36. The molecule has 0 spiro atoms. The number of aryl methyl sites for hydroxylation is 1. The van der Waals surface area contributed by atoms with E-state index in [1.54, 1.807) is 55.5 Å². The lowest BCUT2D eigenvalue weighted by molar-refractivity contribution is 0.0843. The minimum Gasteiger partial charge on any atom is -0.267 e. The number of hydrogen-bond donors (Lipinski definition) is 2. The van der Waals surface area contributed by atoms with Crippen molar-refractivity contribution in [2.75, 3.05) is 0 Å². The molecule has 8 heteroatoms. The average molecular weight is 415 g/mol. The molecule has 0 aliphatic carbocycles. The van der Waals surface area contributed by atoms with Crippen molar-refractivity contribution in [3.05, 3.63) is 74.6 Å². The third-order valence-electron chi connectivity index (χ3n) is 3.79. The van der Waals surface area contributed by atoms with Crippen LogP contribution in [0, 0.1) is 0 Å². The van der Waals surface area contributed by atoms with Gasteiger partial charge in [-0.15, -0.1) is 0 Å². The van der Waals surface area contributed by atoms with Crippen LogP contribution in [0.2, 0.25) is 0 Å². The van der Waals surface area contributed by atoms with Gasteiger partial charge in [0.25, 0.3) is 17.4 Å². The number of aromatic nitrogens is 2. The van der Waals surface area contributed by atoms with Crippen molar-refractivity contribution >= 4 is 38.5 Å². The molecule has 2 amide bonds. The molecule has 0 fully saturated rings. The predicted molar refractivity (Wildman–Crippen MR) is 101 cm³/mol. The highest BCUT2D eigenvalue weighted by Gasteiger charge is 2.17. The molecule has 26 heavy (non-hydrogen) atoms. The summed E-state index contributed by atoms with van der Waals surface area (Å²) >= 11 is 3.28. The Hall–Kier alpha value is -3.00. The van der Waals surface area contributed by atoms with Crippen LogP contribution >= 0.6 is 15.9 Å². The Balaban J connectivity index is 1.89. The summed E-state index contributed by atoms with van der Waals surface area (Å²) in [5.74, 6) is -1.08. The van der Waals surface area contributed by atoms with E-state index in [2.05, 4.69) is 31.9 Å². The van der Waals surface area contributed by atoms with E-state index < -0.39 is 11.8 Å². The van der Waals surface area contributed by atoms with Gasteiger partial charge in [-0.2, -0.15) is 5.10 Å². The number of hydrogen-bond acceptors (Lipinski definition) is 4.